The Kier molecular flexibility index (Phi) is 2.73. The predicted octanol–water partition coefficient (Wildman–Crippen LogP) is 3.82. The van der Waals surface area contributed by atoms with Crippen LogP contribution in [0.4, 0.5) is 5.13 Å². The summed E-state index contributed by atoms with van der Waals surface area (Å²) in [7, 11) is 0. The van der Waals surface area contributed by atoms with E-state index in [1.807, 2.05) is 6.92 Å². The minimum Gasteiger partial charge on any atom is -0.356 e. The van der Waals surface area contributed by atoms with E-state index in [1.165, 1.54) is 28.6 Å². The maximum atomic E-state index is 4.18. The number of nitrogens with zero attached hydrogens (tertiary/aromatic N) is 2. The molecule has 3 aromatic rings. The van der Waals surface area contributed by atoms with Crippen molar-refractivity contribution in [1.29, 1.82) is 0 Å². The van der Waals surface area contributed by atoms with Gasteiger partial charge in [-0.05, 0) is 37.8 Å². The van der Waals surface area contributed by atoms with Crippen LogP contribution in [0.1, 0.15) is 35.1 Å². The Hall–Kier alpha value is -1.88. The van der Waals surface area contributed by atoms with Crippen molar-refractivity contribution in [2.45, 2.75) is 32.2 Å². The van der Waals surface area contributed by atoms with Crippen molar-refractivity contribution in [3.8, 4) is 0 Å². The Balaban J connectivity index is 1.74. The Morgan fingerprint density at radius 1 is 1.30 bits per heavy atom. The van der Waals surface area contributed by atoms with Crippen LogP contribution in [0.15, 0.2) is 24.3 Å². The zero-order valence-corrected chi connectivity index (χ0v) is 12.1. The lowest BCUT2D eigenvalue weighted by Gasteiger charge is -2.23. The Bertz CT molecular complexity index is 758. The molecule has 1 atom stereocenters. The second-order valence-electron chi connectivity index (χ2n) is 5.28. The molecule has 4 rings (SSSR count). The third-order valence-corrected chi connectivity index (χ3v) is 4.71. The molecule has 0 saturated carbocycles. The van der Waals surface area contributed by atoms with E-state index in [0.29, 0.717) is 6.04 Å². The van der Waals surface area contributed by atoms with Crippen LogP contribution in [0.25, 0.3) is 10.9 Å². The van der Waals surface area contributed by atoms with Crippen LogP contribution >= 0.6 is 11.3 Å². The molecule has 1 aromatic carbocycles. The van der Waals surface area contributed by atoms with Crippen LogP contribution in [0.3, 0.4) is 0 Å². The maximum absolute atomic E-state index is 4.18. The van der Waals surface area contributed by atoms with E-state index in [-0.39, 0.29) is 0 Å². The first-order valence-electron chi connectivity index (χ1n) is 6.97. The molecule has 2 heterocycles. The number of aromatic amines is 1. The van der Waals surface area contributed by atoms with Crippen molar-refractivity contribution in [3.05, 3.63) is 40.5 Å². The molecule has 2 N–H and O–H groups in total. The molecule has 0 amide bonds. The van der Waals surface area contributed by atoms with E-state index in [9.17, 15) is 0 Å². The lowest BCUT2D eigenvalue weighted by Crippen LogP contribution is -2.17. The van der Waals surface area contributed by atoms with E-state index in [0.717, 1.165) is 23.0 Å². The average Bonchev–Trinajstić information content (AvgIpc) is 3.03. The van der Waals surface area contributed by atoms with Gasteiger partial charge >= 0.3 is 0 Å². The number of benzene rings is 1. The molecule has 0 saturated heterocycles. The fourth-order valence-electron chi connectivity index (χ4n) is 3.06. The van der Waals surface area contributed by atoms with Crippen molar-refractivity contribution in [1.82, 2.24) is 15.2 Å². The molecule has 20 heavy (non-hydrogen) atoms. The standard InChI is InChI=1S/C15H16N4S/c1-9-18-19-15(20-9)17-13-8-4-6-11-10-5-2-3-7-12(10)16-14(11)13/h2-3,5,7,13,16H,4,6,8H2,1H3,(H,17,19). The van der Waals surface area contributed by atoms with Gasteiger partial charge in [0, 0.05) is 16.6 Å². The van der Waals surface area contributed by atoms with Crippen molar-refractivity contribution in [2.24, 2.45) is 0 Å². The van der Waals surface area contributed by atoms with Gasteiger partial charge in [-0.3, -0.25) is 0 Å². The number of para-hydroxylation sites is 1. The van der Waals surface area contributed by atoms with Gasteiger partial charge in [-0.2, -0.15) is 0 Å². The van der Waals surface area contributed by atoms with Crippen LogP contribution in [0, 0.1) is 6.92 Å². The fourth-order valence-corrected chi connectivity index (χ4v) is 3.71. The van der Waals surface area contributed by atoms with Gasteiger partial charge in [-0.1, -0.05) is 29.5 Å². The van der Waals surface area contributed by atoms with E-state index >= 15 is 0 Å². The Morgan fingerprint density at radius 2 is 2.20 bits per heavy atom. The lowest BCUT2D eigenvalue weighted by atomic mass is 9.92. The van der Waals surface area contributed by atoms with Gasteiger partial charge in [0.25, 0.3) is 0 Å². The Labute approximate surface area is 121 Å². The highest BCUT2D eigenvalue weighted by molar-refractivity contribution is 7.15. The molecule has 2 aromatic heterocycles. The monoisotopic (exact) mass is 284 g/mol. The first-order valence-corrected chi connectivity index (χ1v) is 7.79. The molecular weight excluding hydrogens is 268 g/mol. The molecule has 4 nitrogen and oxygen atoms in total. The SMILES string of the molecule is Cc1nnc(NC2CCCc3c2[nH]c2ccccc32)s1. The number of aryl methyl sites for hydroxylation is 2. The average molecular weight is 284 g/mol. The van der Waals surface area contributed by atoms with Crippen molar-refractivity contribution >= 4 is 27.4 Å². The summed E-state index contributed by atoms with van der Waals surface area (Å²) in [4.78, 5) is 3.59. The largest absolute Gasteiger partial charge is 0.356 e. The second-order valence-corrected chi connectivity index (χ2v) is 6.46. The highest BCUT2D eigenvalue weighted by Gasteiger charge is 2.24. The van der Waals surface area contributed by atoms with Crippen LogP contribution in [0.5, 0.6) is 0 Å². The van der Waals surface area contributed by atoms with Gasteiger partial charge < -0.3 is 10.3 Å². The number of hydrogen-bond acceptors (Lipinski definition) is 4. The van der Waals surface area contributed by atoms with Gasteiger partial charge in [0.2, 0.25) is 5.13 Å². The zero-order valence-electron chi connectivity index (χ0n) is 11.3. The zero-order chi connectivity index (χ0) is 13.5. The summed E-state index contributed by atoms with van der Waals surface area (Å²) >= 11 is 1.62. The molecule has 102 valence electrons. The highest BCUT2D eigenvalue weighted by Crippen LogP contribution is 2.36. The van der Waals surface area contributed by atoms with E-state index in [1.54, 1.807) is 11.3 Å². The molecule has 0 fully saturated rings. The van der Waals surface area contributed by atoms with Gasteiger partial charge in [-0.25, -0.2) is 0 Å². The fraction of sp³-hybridized carbons (Fsp3) is 0.333. The van der Waals surface area contributed by atoms with E-state index in [4.69, 9.17) is 0 Å². The maximum Gasteiger partial charge on any atom is 0.206 e. The number of rotatable bonds is 2. The van der Waals surface area contributed by atoms with Crippen molar-refractivity contribution < 1.29 is 0 Å². The van der Waals surface area contributed by atoms with Gasteiger partial charge in [0.05, 0.1) is 6.04 Å². The lowest BCUT2D eigenvalue weighted by molar-refractivity contribution is 0.591. The first kappa shape index (κ1) is 11.9. The minimum atomic E-state index is 0.318. The second kappa shape index (κ2) is 4.59. The number of H-pyrrole nitrogens is 1. The van der Waals surface area contributed by atoms with Gasteiger partial charge in [0.15, 0.2) is 0 Å². The van der Waals surface area contributed by atoms with Crippen LogP contribution in [0.2, 0.25) is 0 Å². The topological polar surface area (TPSA) is 53.6 Å². The number of anilines is 1. The quantitative estimate of drug-likeness (QED) is 0.752. The molecule has 1 unspecified atom stereocenters. The molecule has 0 bridgehead atoms. The molecule has 0 aliphatic heterocycles. The minimum absolute atomic E-state index is 0.318. The molecule has 1 aliphatic carbocycles. The van der Waals surface area contributed by atoms with Crippen LogP contribution < -0.4 is 5.32 Å². The van der Waals surface area contributed by atoms with Crippen LogP contribution in [-0.2, 0) is 6.42 Å². The summed E-state index contributed by atoms with van der Waals surface area (Å²) in [5, 5.41) is 15.1. The molecule has 0 spiro atoms. The summed E-state index contributed by atoms with van der Waals surface area (Å²) in [5.41, 5.74) is 4.02. The number of aromatic nitrogens is 3. The van der Waals surface area contributed by atoms with Crippen LogP contribution in [-0.4, -0.2) is 15.2 Å². The highest BCUT2D eigenvalue weighted by atomic mass is 32.1. The Morgan fingerprint density at radius 3 is 3.05 bits per heavy atom. The normalized spacial score (nSPS) is 18.1. The first-order chi connectivity index (χ1) is 9.81. The van der Waals surface area contributed by atoms with E-state index in [2.05, 4.69) is 44.8 Å². The third kappa shape index (κ3) is 1.89. The van der Waals surface area contributed by atoms with Crippen molar-refractivity contribution in [3.63, 3.8) is 0 Å². The van der Waals surface area contributed by atoms with Gasteiger partial charge in [-0.15, -0.1) is 10.2 Å². The summed E-state index contributed by atoms with van der Waals surface area (Å²) in [6, 6.07) is 8.88. The molecule has 1 aliphatic rings. The summed E-state index contributed by atoms with van der Waals surface area (Å²) in [6.45, 7) is 1.98. The number of nitrogens with one attached hydrogen (secondary N) is 2. The third-order valence-electron chi connectivity index (χ3n) is 3.94. The molecule has 5 heteroatoms. The number of hydrogen-bond donors (Lipinski definition) is 2. The smallest absolute Gasteiger partial charge is 0.206 e. The number of fused-ring (bicyclic) bond motifs is 3. The van der Waals surface area contributed by atoms with E-state index < -0.39 is 0 Å². The summed E-state index contributed by atoms with van der Waals surface area (Å²) < 4.78 is 0. The summed E-state index contributed by atoms with van der Waals surface area (Å²) in [5.74, 6) is 0. The molecule has 0 radical (unpaired) electrons. The predicted molar refractivity (Wildman–Crippen MR) is 82.2 cm³/mol. The molecular formula is C15H16N4S. The van der Waals surface area contributed by atoms with Crippen molar-refractivity contribution in [2.75, 3.05) is 5.32 Å². The summed E-state index contributed by atoms with van der Waals surface area (Å²) in [6.07, 6.45) is 3.51. The van der Waals surface area contributed by atoms with Gasteiger partial charge in [0.1, 0.15) is 5.01 Å².